The molecular weight excluding hydrogens is 338 g/mol. The van der Waals surface area contributed by atoms with Crippen LogP contribution in [0.3, 0.4) is 0 Å². The van der Waals surface area contributed by atoms with Gasteiger partial charge in [-0.2, -0.15) is 0 Å². The topological polar surface area (TPSA) is 54.3 Å². The van der Waals surface area contributed by atoms with Gasteiger partial charge in [-0.15, -0.1) is 0 Å². The van der Waals surface area contributed by atoms with E-state index in [1.807, 2.05) is 23.2 Å². The molecule has 6 nitrogen and oxygen atoms in total. The number of amides is 1. The summed E-state index contributed by atoms with van der Waals surface area (Å²) in [5, 5.41) is 0. The second-order valence-electron chi connectivity index (χ2n) is 7.59. The van der Waals surface area contributed by atoms with E-state index >= 15 is 0 Å². The third kappa shape index (κ3) is 4.95. The number of nitrogens with zero attached hydrogens (tertiary/aromatic N) is 5. The van der Waals surface area contributed by atoms with E-state index in [9.17, 15) is 4.79 Å². The summed E-state index contributed by atoms with van der Waals surface area (Å²) in [5.74, 6) is 1.74. The second-order valence-corrected chi connectivity index (χ2v) is 7.59. The van der Waals surface area contributed by atoms with Gasteiger partial charge in [0, 0.05) is 55.4 Å². The van der Waals surface area contributed by atoms with Gasteiger partial charge in [0.2, 0.25) is 0 Å². The zero-order chi connectivity index (χ0) is 19.2. The molecule has 1 saturated heterocycles. The molecule has 3 heterocycles. The fourth-order valence-electron chi connectivity index (χ4n) is 3.75. The van der Waals surface area contributed by atoms with Gasteiger partial charge in [0.1, 0.15) is 5.82 Å². The summed E-state index contributed by atoms with van der Waals surface area (Å²) < 4.78 is 2.29. The van der Waals surface area contributed by atoms with Crippen molar-refractivity contribution in [3.63, 3.8) is 0 Å². The molecule has 2 aromatic heterocycles. The highest BCUT2D eigenvalue weighted by molar-refractivity contribution is 5.94. The Morgan fingerprint density at radius 3 is 2.70 bits per heavy atom. The Morgan fingerprint density at radius 1 is 1.22 bits per heavy atom. The minimum Gasteiger partial charge on any atom is -0.339 e. The molecule has 0 unspecified atom stereocenters. The van der Waals surface area contributed by atoms with Crippen LogP contribution in [0, 0.1) is 0 Å². The largest absolute Gasteiger partial charge is 0.339 e. The van der Waals surface area contributed by atoms with E-state index in [0.717, 1.165) is 63.1 Å². The molecule has 1 aliphatic rings. The molecule has 0 aromatic carbocycles. The van der Waals surface area contributed by atoms with Gasteiger partial charge in [-0.1, -0.05) is 6.92 Å². The first-order chi connectivity index (χ1) is 13.1. The lowest BCUT2D eigenvalue weighted by molar-refractivity contribution is 0.0710. The summed E-state index contributed by atoms with van der Waals surface area (Å²) in [6.07, 6.45) is 9.65. The standard InChI is InChI=1S/C21H31N5O/c1-4-19-16-18(6-9-22-19)21(27)26-13-7-17(8-14-26)20-23-10-15-25(20)12-5-11-24(2)3/h6,9-10,15-17H,4-5,7-8,11-14H2,1-3H3. The maximum Gasteiger partial charge on any atom is 0.253 e. The average molecular weight is 370 g/mol. The normalized spacial score (nSPS) is 15.5. The molecule has 1 amide bonds. The fourth-order valence-corrected chi connectivity index (χ4v) is 3.75. The predicted molar refractivity (Wildman–Crippen MR) is 107 cm³/mol. The van der Waals surface area contributed by atoms with Crippen LogP contribution in [0.1, 0.15) is 54.0 Å². The number of likely N-dealkylation sites (tertiary alicyclic amines) is 1. The van der Waals surface area contributed by atoms with Gasteiger partial charge < -0.3 is 14.4 Å². The second kappa shape index (κ2) is 9.13. The summed E-state index contributed by atoms with van der Waals surface area (Å²) in [4.78, 5) is 25.9. The third-order valence-electron chi connectivity index (χ3n) is 5.33. The highest BCUT2D eigenvalue weighted by Crippen LogP contribution is 2.28. The van der Waals surface area contributed by atoms with Crippen LogP contribution in [-0.2, 0) is 13.0 Å². The minimum absolute atomic E-state index is 0.125. The molecule has 0 radical (unpaired) electrons. The molecule has 0 saturated carbocycles. The lowest BCUT2D eigenvalue weighted by Crippen LogP contribution is -2.38. The van der Waals surface area contributed by atoms with Crippen molar-refractivity contribution in [3.8, 4) is 0 Å². The number of rotatable bonds is 7. The predicted octanol–water partition coefficient (Wildman–Crippen LogP) is 2.81. The van der Waals surface area contributed by atoms with Crippen LogP contribution in [0.5, 0.6) is 0 Å². The summed E-state index contributed by atoms with van der Waals surface area (Å²) in [5.41, 5.74) is 1.72. The number of aromatic nitrogens is 3. The summed E-state index contributed by atoms with van der Waals surface area (Å²) >= 11 is 0. The van der Waals surface area contributed by atoms with Crippen LogP contribution >= 0.6 is 0 Å². The van der Waals surface area contributed by atoms with Crippen molar-refractivity contribution in [2.45, 2.75) is 45.1 Å². The van der Waals surface area contributed by atoms with Crippen LogP contribution in [0.15, 0.2) is 30.7 Å². The Balaban J connectivity index is 1.57. The summed E-state index contributed by atoms with van der Waals surface area (Å²) in [6.45, 7) is 5.72. The van der Waals surface area contributed by atoms with Crippen molar-refractivity contribution in [2.24, 2.45) is 0 Å². The van der Waals surface area contributed by atoms with Gasteiger partial charge in [0.25, 0.3) is 5.91 Å². The van der Waals surface area contributed by atoms with Gasteiger partial charge in [0.15, 0.2) is 0 Å². The number of aryl methyl sites for hydroxylation is 2. The zero-order valence-electron chi connectivity index (χ0n) is 16.8. The molecule has 0 spiro atoms. The molecular formula is C21H31N5O. The van der Waals surface area contributed by atoms with Crippen LogP contribution in [-0.4, -0.2) is 64.0 Å². The van der Waals surface area contributed by atoms with Crippen molar-refractivity contribution < 1.29 is 4.79 Å². The number of carbonyl (C=O) groups excluding carboxylic acids is 1. The van der Waals surface area contributed by atoms with E-state index in [0.29, 0.717) is 5.92 Å². The first-order valence-electron chi connectivity index (χ1n) is 9.98. The van der Waals surface area contributed by atoms with Crippen LogP contribution in [0.4, 0.5) is 0 Å². The molecule has 27 heavy (non-hydrogen) atoms. The molecule has 6 heteroatoms. The molecule has 146 valence electrons. The van der Waals surface area contributed by atoms with Crippen LogP contribution < -0.4 is 0 Å². The molecule has 0 atom stereocenters. The highest BCUT2D eigenvalue weighted by atomic mass is 16.2. The van der Waals surface area contributed by atoms with Crippen molar-refractivity contribution in [2.75, 3.05) is 33.7 Å². The smallest absolute Gasteiger partial charge is 0.253 e. The van der Waals surface area contributed by atoms with Gasteiger partial charge >= 0.3 is 0 Å². The third-order valence-corrected chi connectivity index (χ3v) is 5.33. The van der Waals surface area contributed by atoms with Crippen LogP contribution in [0.2, 0.25) is 0 Å². The molecule has 1 aliphatic heterocycles. The average Bonchev–Trinajstić information content (AvgIpc) is 3.16. The van der Waals surface area contributed by atoms with Crippen molar-refractivity contribution in [1.82, 2.24) is 24.3 Å². The van der Waals surface area contributed by atoms with Gasteiger partial charge in [-0.3, -0.25) is 9.78 Å². The molecule has 0 bridgehead atoms. The maximum absolute atomic E-state index is 12.8. The molecule has 0 N–H and O–H groups in total. The Labute approximate surface area is 162 Å². The quantitative estimate of drug-likeness (QED) is 0.753. The monoisotopic (exact) mass is 369 g/mol. The molecule has 2 aromatic rings. The number of piperidine rings is 1. The van der Waals surface area contributed by atoms with Crippen molar-refractivity contribution in [3.05, 3.63) is 47.8 Å². The number of carbonyl (C=O) groups is 1. The first-order valence-corrected chi connectivity index (χ1v) is 9.98. The molecule has 3 rings (SSSR count). The fraction of sp³-hybridized carbons (Fsp3) is 0.571. The number of pyridine rings is 1. The van der Waals surface area contributed by atoms with E-state index in [4.69, 9.17) is 0 Å². The van der Waals surface area contributed by atoms with Crippen LogP contribution in [0.25, 0.3) is 0 Å². The lowest BCUT2D eigenvalue weighted by atomic mass is 9.95. The van der Waals surface area contributed by atoms with Crippen molar-refractivity contribution >= 4 is 5.91 Å². The minimum atomic E-state index is 0.125. The maximum atomic E-state index is 12.8. The van der Waals surface area contributed by atoms with E-state index in [1.54, 1.807) is 6.20 Å². The summed E-state index contributed by atoms with van der Waals surface area (Å²) in [6, 6.07) is 3.75. The van der Waals surface area contributed by atoms with E-state index < -0.39 is 0 Å². The Bertz CT molecular complexity index is 747. The number of hydrogen-bond acceptors (Lipinski definition) is 4. The number of hydrogen-bond donors (Lipinski definition) is 0. The molecule has 1 fully saturated rings. The Kier molecular flexibility index (Phi) is 6.61. The van der Waals surface area contributed by atoms with E-state index in [2.05, 4.69) is 46.7 Å². The Morgan fingerprint density at radius 2 is 2.00 bits per heavy atom. The number of imidazole rings is 1. The molecule has 0 aliphatic carbocycles. The van der Waals surface area contributed by atoms with E-state index in [1.165, 1.54) is 5.82 Å². The summed E-state index contributed by atoms with van der Waals surface area (Å²) in [7, 11) is 4.21. The van der Waals surface area contributed by atoms with Gasteiger partial charge in [-0.25, -0.2) is 4.98 Å². The van der Waals surface area contributed by atoms with Gasteiger partial charge in [-0.05, 0) is 58.5 Å². The zero-order valence-corrected chi connectivity index (χ0v) is 16.8. The van der Waals surface area contributed by atoms with Gasteiger partial charge in [0.05, 0.1) is 0 Å². The SMILES string of the molecule is CCc1cc(C(=O)N2CCC(c3nccn3CCCN(C)C)CC2)ccn1. The Hall–Kier alpha value is -2.21. The van der Waals surface area contributed by atoms with Crippen molar-refractivity contribution in [1.29, 1.82) is 0 Å². The highest BCUT2D eigenvalue weighted by Gasteiger charge is 2.27. The van der Waals surface area contributed by atoms with E-state index in [-0.39, 0.29) is 5.91 Å². The first kappa shape index (κ1) is 19.5. The lowest BCUT2D eigenvalue weighted by Gasteiger charge is -2.32.